The van der Waals surface area contributed by atoms with Crippen LogP contribution in [0.4, 0.5) is 5.69 Å². The summed E-state index contributed by atoms with van der Waals surface area (Å²) in [5.74, 6) is -0.399. The molecule has 0 bridgehead atoms. The first-order chi connectivity index (χ1) is 11.1. The van der Waals surface area contributed by atoms with Gasteiger partial charge in [-0.1, -0.05) is 0 Å². The zero-order chi connectivity index (χ0) is 16.4. The fraction of sp³-hybridized carbons (Fsp3) is 0.438. The van der Waals surface area contributed by atoms with Crippen molar-refractivity contribution in [1.82, 2.24) is 0 Å². The van der Waals surface area contributed by atoms with E-state index >= 15 is 0 Å². The van der Waals surface area contributed by atoms with E-state index < -0.39 is 5.97 Å². The van der Waals surface area contributed by atoms with Gasteiger partial charge in [-0.25, -0.2) is 4.90 Å². The predicted molar refractivity (Wildman–Crippen MR) is 80.2 cm³/mol. The van der Waals surface area contributed by atoms with Crippen LogP contribution in [0.5, 0.6) is 5.75 Å². The third kappa shape index (κ3) is 3.25. The average molecular weight is 319 g/mol. The molecule has 2 fully saturated rings. The van der Waals surface area contributed by atoms with Crippen molar-refractivity contribution in [2.24, 2.45) is 0 Å². The molecule has 1 aromatic rings. The zero-order valence-corrected chi connectivity index (χ0v) is 12.9. The Morgan fingerprint density at radius 3 is 2.48 bits per heavy atom. The van der Waals surface area contributed by atoms with Crippen molar-refractivity contribution in [3.8, 4) is 5.75 Å². The van der Waals surface area contributed by atoms with Crippen LogP contribution in [0, 0.1) is 0 Å². The Morgan fingerprint density at radius 2 is 1.87 bits per heavy atom. The van der Waals surface area contributed by atoms with Gasteiger partial charge in [-0.3, -0.25) is 14.4 Å². The molecule has 0 saturated carbocycles. The van der Waals surface area contributed by atoms with Gasteiger partial charge >= 0.3 is 5.97 Å². The molecule has 122 valence electrons. The monoisotopic (exact) mass is 319 g/mol. The van der Waals surface area contributed by atoms with Gasteiger partial charge in [0.2, 0.25) is 5.91 Å². The van der Waals surface area contributed by atoms with E-state index in [9.17, 15) is 14.4 Å². The van der Waals surface area contributed by atoms with Crippen molar-refractivity contribution in [2.45, 2.75) is 19.4 Å². The summed E-state index contributed by atoms with van der Waals surface area (Å²) in [5, 5.41) is 0. The molecule has 1 atom stereocenters. The molecule has 0 radical (unpaired) electrons. The molecule has 3 rings (SSSR count). The lowest BCUT2D eigenvalue weighted by Gasteiger charge is -2.27. The van der Waals surface area contributed by atoms with Gasteiger partial charge in [0.15, 0.2) is 6.04 Å². The van der Waals surface area contributed by atoms with Gasteiger partial charge in [-0.15, -0.1) is 0 Å². The largest absolute Gasteiger partial charge is 0.427 e. The summed E-state index contributed by atoms with van der Waals surface area (Å²) in [4.78, 5) is 38.2. The Hall–Kier alpha value is -2.25. The molecule has 0 unspecified atom stereocenters. The van der Waals surface area contributed by atoms with Crippen molar-refractivity contribution >= 4 is 23.5 Å². The summed E-state index contributed by atoms with van der Waals surface area (Å²) in [6.07, 6.45) is 0.222. The fourth-order valence-corrected chi connectivity index (χ4v) is 3.03. The summed E-state index contributed by atoms with van der Waals surface area (Å²) in [5.41, 5.74) is 0.506. The number of benzene rings is 1. The number of amides is 2. The van der Waals surface area contributed by atoms with E-state index in [1.54, 1.807) is 24.3 Å². The highest BCUT2D eigenvalue weighted by molar-refractivity contribution is 6.21. The molecule has 7 nitrogen and oxygen atoms in total. The van der Waals surface area contributed by atoms with Crippen LogP contribution in [-0.2, 0) is 19.1 Å². The Labute approximate surface area is 133 Å². The smallest absolute Gasteiger partial charge is 0.308 e. The molecular formula is C16H19N2O5+. The SMILES string of the molecule is CC(=O)Oc1ccc(N2C(=O)C[C@H]([NH+]3CCOCC3)C2=O)cc1. The number of carbonyl (C=O) groups excluding carboxylic acids is 3. The molecule has 1 N–H and O–H groups in total. The standard InChI is InChI=1S/C16H18N2O5/c1-11(19)23-13-4-2-12(3-5-13)18-15(20)10-14(16(18)21)17-6-8-22-9-7-17/h2-5,14H,6-10H2,1H3/p+1/t14-/m0/s1. The maximum Gasteiger partial charge on any atom is 0.308 e. The van der Waals surface area contributed by atoms with Crippen molar-refractivity contribution in [3.63, 3.8) is 0 Å². The first-order valence-electron chi connectivity index (χ1n) is 7.64. The number of morpholine rings is 1. The molecule has 7 heteroatoms. The number of carbonyl (C=O) groups is 3. The summed E-state index contributed by atoms with van der Waals surface area (Å²) >= 11 is 0. The predicted octanol–water partition coefficient (Wildman–Crippen LogP) is -0.841. The molecule has 23 heavy (non-hydrogen) atoms. The number of imide groups is 1. The molecule has 2 aliphatic heterocycles. The van der Waals surface area contributed by atoms with Gasteiger partial charge in [-0.05, 0) is 24.3 Å². The van der Waals surface area contributed by atoms with Crippen LogP contribution < -0.4 is 14.5 Å². The van der Waals surface area contributed by atoms with Crippen LogP contribution in [-0.4, -0.2) is 50.1 Å². The van der Waals surface area contributed by atoms with E-state index in [1.807, 2.05) is 0 Å². The number of nitrogens with zero attached hydrogens (tertiary/aromatic N) is 1. The second-order valence-corrected chi connectivity index (χ2v) is 5.68. The van der Waals surface area contributed by atoms with Crippen LogP contribution in [0.3, 0.4) is 0 Å². The minimum Gasteiger partial charge on any atom is -0.427 e. The minimum absolute atomic E-state index is 0.174. The number of quaternary nitrogens is 1. The minimum atomic E-state index is -0.415. The maximum atomic E-state index is 12.6. The maximum absolute atomic E-state index is 12.6. The third-order valence-electron chi connectivity index (χ3n) is 4.13. The van der Waals surface area contributed by atoms with Crippen LogP contribution in [0.15, 0.2) is 24.3 Å². The molecule has 2 saturated heterocycles. The van der Waals surface area contributed by atoms with Crippen molar-refractivity contribution < 1.29 is 28.8 Å². The number of hydrogen-bond acceptors (Lipinski definition) is 5. The van der Waals surface area contributed by atoms with Gasteiger partial charge in [0.05, 0.1) is 25.3 Å². The number of rotatable bonds is 3. The average Bonchev–Trinajstić information content (AvgIpc) is 2.83. The quantitative estimate of drug-likeness (QED) is 0.446. The highest BCUT2D eigenvalue weighted by atomic mass is 16.5. The molecule has 0 spiro atoms. The molecule has 1 aromatic carbocycles. The summed E-state index contributed by atoms with van der Waals surface area (Å²) in [6.45, 7) is 4.03. The van der Waals surface area contributed by atoms with Crippen LogP contribution in [0.25, 0.3) is 0 Å². The van der Waals surface area contributed by atoms with Gasteiger partial charge < -0.3 is 14.4 Å². The number of hydrogen-bond donors (Lipinski definition) is 1. The van der Waals surface area contributed by atoms with E-state index in [-0.39, 0.29) is 24.3 Å². The van der Waals surface area contributed by atoms with Crippen LogP contribution >= 0.6 is 0 Å². The number of nitrogens with one attached hydrogen (secondary N) is 1. The lowest BCUT2D eigenvalue weighted by molar-refractivity contribution is -0.922. The lowest BCUT2D eigenvalue weighted by atomic mass is 10.2. The van der Waals surface area contributed by atoms with E-state index in [2.05, 4.69) is 0 Å². The molecule has 2 aliphatic rings. The highest BCUT2D eigenvalue weighted by Crippen LogP contribution is 2.24. The molecule has 0 aliphatic carbocycles. The Morgan fingerprint density at radius 1 is 1.22 bits per heavy atom. The van der Waals surface area contributed by atoms with Crippen molar-refractivity contribution in [1.29, 1.82) is 0 Å². The highest BCUT2D eigenvalue weighted by Gasteiger charge is 2.46. The topological polar surface area (TPSA) is 77.3 Å². The van der Waals surface area contributed by atoms with Gasteiger partial charge in [0.25, 0.3) is 5.91 Å². The molecular weight excluding hydrogens is 300 g/mol. The number of ether oxygens (including phenoxy) is 2. The van der Waals surface area contributed by atoms with Gasteiger partial charge in [-0.2, -0.15) is 0 Å². The molecule has 2 amide bonds. The zero-order valence-electron chi connectivity index (χ0n) is 12.9. The summed E-state index contributed by atoms with van der Waals surface area (Å²) in [6, 6.07) is 6.05. The van der Waals surface area contributed by atoms with E-state index in [0.29, 0.717) is 24.7 Å². The molecule has 2 heterocycles. The normalized spacial score (nSPS) is 22.5. The van der Waals surface area contributed by atoms with E-state index in [0.717, 1.165) is 18.0 Å². The number of anilines is 1. The lowest BCUT2D eigenvalue weighted by Crippen LogP contribution is -3.18. The Kier molecular flexibility index (Phi) is 4.40. The van der Waals surface area contributed by atoms with Crippen molar-refractivity contribution in [2.75, 3.05) is 31.2 Å². The second kappa shape index (κ2) is 6.47. The fourth-order valence-electron chi connectivity index (χ4n) is 3.03. The van der Waals surface area contributed by atoms with Crippen molar-refractivity contribution in [3.05, 3.63) is 24.3 Å². The van der Waals surface area contributed by atoms with E-state index in [1.165, 1.54) is 11.8 Å². The number of esters is 1. The summed E-state index contributed by atoms with van der Waals surface area (Å²) < 4.78 is 10.3. The molecule has 0 aromatic heterocycles. The second-order valence-electron chi connectivity index (χ2n) is 5.68. The Bertz CT molecular complexity index is 622. The van der Waals surface area contributed by atoms with Crippen LogP contribution in [0.2, 0.25) is 0 Å². The van der Waals surface area contributed by atoms with Gasteiger partial charge in [0.1, 0.15) is 18.8 Å². The van der Waals surface area contributed by atoms with Crippen LogP contribution in [0.1, 0.15) is 13.3 Å². The van der Waals surface area contributed by atoms with Gasteiger partial charge in [0, 0.05) is 6.92 Å². The third-order valence-corrected chi connectivity index (χ3v) is 4.13. The van der Waals surface area contributed by atoms with E-state index in [4.69, 9.17) is 9.47 Å². The first-order valence-corrected chi connectivity index (χ1v) is 7.64. The summed E-state index contributed by atoms with van der Waals surface area (Å²) in [7, 11) is 0. The first kappa shape index (κ1) is 15.6. The Balaban J connectivity index is 1.75.